The van der Waals surface area contributed by atoms with Crippen LogP contribution in [0.1, 0.15) is 29.8 Å². The van der Waals surface area contributed by atoms with Crippen LogP contribution in [0.4, 0.5) is 10.5 Å². The Balaban J connectivity index is 1.35. The van der Waals surface area contributed by atoms with Crippen molar-refractivity contribution in [2.24, 2.45) is 0 Å². The van der Waals surface area contributed by atoms with Crippen LogP contribution in [0.25, 0.3) is 0 Å². The first-order chi connectivity index (χ1) is 16.3. The summed E-state index contributed by atoms with van der Waals surface area (Å²) in [6, 6.07) is 7.22. The molecular weight excluding hydrogens is 446 g/mol. The van der Waals surface area contributed by atoms with Gasteiger partial charge in [0.1, 0.15) is 25.3 Å². The van der Waals surface area contributed by atoms with E-state index >= 15 is 0 Å². The summed E-state index contributed by atoms with van der Waals surface area (Å²) < 4.78 is 21.7. The predicted molar refractivity (Wildman–Crippen MR) is 116 cm³/mol. The number of nitrogens with one attached hydrogen (secondary N) is 2. The minimum atomic E-state index is -1.39. The molecule has 1 fully saturated rings. The monoisotopic (exact) mass is 467 g/mol. The Kier molecular flexibility index (Phi) is 5.03. The number of rotatable bonds is 5. The highest BCUT2D eigenvalue weighted by atomic mass is 16.7. The van der Waals surface area contributed by atoms with Crippen LogP contribution in [0.3, 0.4) is 0 Å². The maximum absolute atomic E-state index is 13.2. The predicted octanol–water partition coefficient (Wildman–Crippen LogP) is 1.79. The molecule has 0 aromatic heterocycles. The lowest BCUT2D eigenvalue weighted by atomic mass is 9.91. The van der Waals surface area contributed by atoms with Gasteiger partial charge in [-0.05, 0) is 37.6 Å². The van der Waals surface area contributed by atoms with Crippen molar-refractivity contribution in [2.45, 2.75) is 19.4 Å². The topological polar surface area (TPSA) is 133 Å². The van der Waals surface area contributed by atoms with Crippen molar-refractivity contribution < 1.29 is 38.1 Å². The summed E-state index contributed by atoms with van der Waals surface area (Å²) in [5.74, 6) is 0.251. The molecule has 2 aromatic rings. The molecule has 1 atom stereocenters. The molecule has 0 unspecified atom stereocenters. The maximum Gasteiger partial charge on any atom is 0.325 e. The van der Waals surface area contributed by atoms with Crippen LogP contribution in [0.5, 0.6) is 23.0 Å². The first-order valence-corrected chi connectivity index (χ1v) is 10.5. The lowest BCUT2D eigenvalue weighted by Crippen LogP contribution is -2.42. The lowest BCUT2D eigenvalue weighted by Gasteiger charge is -2.25. The fraction of sp³-hybridized carbons (Fsp3) is 0.304. The second-order valence-electron chi connectivity index (χ2n) is 8.16. The molecular formula is C23H21N3O8. The highest BCUT2D eigenvalue weighted by Crippen LogP contribution is 2.38. The van der Waals surface area contributed by atoms with Gasteiger partial charge in [0.2, 0.25) is 12.7 Å². The van der Waals surface area contributed by atoms with Crippen LogP contribution in [0.15, 0.2) is 30.3 Å². The number of hydrogen-bond donors (Lipinski definition) is 2. The van der Waals surface area contributed by atoms with Crippen molar-refractivity contribution in [3.05, 3.63) is 41.5 Å². The number of Topliss-reactive ketones (excluding diaryl/α,β-unsaturated/α-hetero) is 1. The number of benzene rings is 2. The van der Waals surface area contributed by atoms with Crippen molar-refractivity contribution in [3.63, 3.8) is 0 Å². The van der Waals surface area contributed by atoms with E-state index in [1.54, 1.807) is 25.1 Å². The molecule has 0 aliphatic carbocycles. The molecule has 3 aliphatic heterocycles. The van der Waals surface area contributed by atoms with E-state index in [2.05, 4.69) is 10.6 Å². The first-order valence-electron chi connectivity index (χ1n) is 10.5. The van der Waals surface area contributed by atoms with E-state index in [0.29, 0.717) is 41.8 Å². The largest absolute Gasteiger partial charge is 0.486 e. The summed E-state index contributed by atoms with van der Waals surface area (Å²) in [7, 11) is 0. The Morgan fingerprint density at radius 3 is 2.41 bits per heavy atom. The van der Waals surface area contributed by atoms with E-state index in [1.807, 2.05) is 0 Å². The number of carbonyl (C=O) groups is 4. The minimum Gasteiger partial charge on any atom is -0.486 e. The number of imide groups is 1. The molecule has 0 radical (unpaired) electrons. The number of ketones is 1. The van der Waals surface area contributed by atoms with Crippen molar-refractivity contribution >= 4 is 29.3 Å². The second kappa shape index (κ2) is 7.94. The van der Waals surface area contributed by atoms with Gasteiger partial charge in [-0.2, -0.15) is 0 Å². The van der Waals surface area contributed by atoms with Crippen molar-refractivity contribution in [1.29, 1.82) is 0 Å². The Hall–Kier alpha value is -4.28. The number of hydrogen-bond acceptors (Lipinski definition) is 8. The van der Waals surface area contributed by atoms with Crippen LogP contribution < -0.4 is 29.6 Å². The zero-order valence-electron chi connectivity index (χ0n) is 18.4. The lowest BCUT2D eigenvalue weighted by molar-refractivity contribution is -0.133. The third-order valence-corrected chi connectivity index (χ3v) is 5.86. The van der Waals surface area contributed by atoms with Crippen LogP contribution in [0, 0.1) is 0 Å². The van der Waals surface area contributed by atoms with Crippen molar-refractivity contribution in [2.75, 3.05) is 31.9 Å². The molecule has 3 heterocycles. The summed E-state index contributed by atoms with van der Waals surface area (Å²) in [5.41, 5.74) is -0.483. The Bertz CT molecular complexity index is 1240. The molecule has 0 spiro atoms. The number of fused-ring (bicyclic) bond motifs is 2. The SMILES string of the molecule is CC(=O)c1cc2c(cc1NC(=O)CN1C(=O)N[C@@](C)(c3ccc4c(c3)OCCO4)C1=O)OCO2. The third kappa shape index (κ3) is 3.54. The van der Waals surface area contributed by atoms with E-state index in [9.17, 15) is 19.2 Å². The van der Waals surface area contributed by atoms with Crippen molar-refractivity contribution in [1.82, 2.24) is 10.2 Å². The Morgan fingerprint density at radius 2 is 1.68 bits per heavy atom. The maximum atomic E-state index is 13.2. The molecule has 3 aliphatic rings. The number of anilines is 1. The minimum absolute atomic E-state index is 0.00493. The van der Waals surface area contributed by atoms with Crippen molar-refractivity contribution in [3.8, 4) is 23.0 Å². The molecule has 4 amide bonds. The number of carbonyl (C=O) groups excluding carboxylic acids is 4. The molecule has 2 aromatic carbocycles. The number of amides is 4. The van der Waals surface area contributed by atoms with Crippen LogP contribution in [0.2, 0.25) is 0 Å². The molecule has 2 N–H and O–H groups in total. The van der Waals surface area contributed by atoms with Gasteiger partial charge >= 0.3 is 6.03 Å². The van der Waals surface area contributed by atoms with E-state index in [1.165, 1.54) is 19.1 Å². The quantitative estimate of drug-likeness (QED) is 0.503. The third-order valence-electron chi connectivity index (χ3n) is 5.86. The van der Waals surface area contributed by atoms with Gasteiger partial charge < -0.3 is 29.6 Å². The average molecular weight is 467 g/mol. The number of urea groups is 1. The van der Waals surface area contributed by atoms with E-state index in [-0.39, 0.29) is 23.8 Å². The van der Waals surface area contributed by atoms with Gasteiger partial charge in [0.15, 0.2) is 28.8 Å². The molecule has 5 rings (SSSR count). The van der Waals surface area contributed by atoms with Crippen LogP contribution in [-0.4, -0.2) is 55.1 Å². The molecule has 176 valence electrons. The van der Waals surface area contributed by atoms with E-state index < -0.39 is 29.9 Å². The molecule has 1 saturated heterocycles. The fourth-order valence-electron chi connectivity index (χ4n) is 4.06. The van der Waals surface area contributed by atoms with Gasteiger partial charge in [-0.25, -0.2) is 4.79 Å². The standard InChI is InChI=1S/C23H21N3O8/c1-12(27)14-8-18-19(34-11-33-18)9-15(14)24-20(28)10-26-21(29)23(2,25-22(26)30)13-3-4-16-17(7-13)32-6-5-31-16/h3-4,7-9H,5-6,10-11H2,1-2H3,(H,24,28)(H,25,30)/t23-/m0/s1. The average Bonchev–Trinajstić information content (AvgIpc) is 3.36. The normalized spacial score (nSPS) is 20.2. The zero-order chi connectivity index (χ0) is 24.0. The number of nitrogens with zero attached hydrogens (tertiary/aromatic N) is 1. The van der Waals surface area contributed by atoms with Gasteiger partial charge in [0.05, 0.1) is 5.69 Å². The smallest absolute Gasteiger partial charge is 0.325 e. The van der Waals surface area contributed by atoms with Gasteiger partial charge in [-0.1, -0.05) is 6.07 Å². The van der Waals surface area contributed by atoms with Gasteiger partial charge in [0.25, 0.3) is 5.91 Å². The fourth-order valence-corrected chi connectivity index (χ4v) is 4.06. The summed E-state index contributed by atoms with van der Waals surface area (Å²) in [4.78, 5) is 51.5. The van der Waals surface area contributed by atoms with Crippen LogP contribution >= 0.6 is 0 Å². The molecule has 11 heteroatoms. The first kappa shape index (κ1) is 21.6. The van der Waals surface area contributed by atoms with Gasteiger partial charge in [-0.15, -0.1) is 0 Å². The Morgan fingerprint density at radius 1 is 1.00 bits per heavy atom. The summed E-state index contributed by atoms with van der Waals surface area (Å²) in [6.07, 6.45) is 0. The zero-order valence-corrected chi connectivity index (χ0v) is 18.4. The molecule has 0 bridgehead atoms. The summed E-state index contributed by atoms with van der Waals surface area (Å²) >= 11 is 0. The summed E-state index contributed by atoms with van der Waals surface area (Å²) in [6.45, 7) is 3.17. The molecule has 11 nitrogen and oxygen atoms in total. The van der Waals surface area contributed by atoms with Crippen LogP contribution in [-0.2, 0) is 15.1 Å². The number of ether oxygens (including phenoxy) is 4. The van der Waals surface area contributed by atoms with Gasteiger partial charge in [0, 0.05) is 11.6 Å². The van der Waals surface area contributed by atoms with E-state index in [4.69, 9.17) is 18.9 Å². The molecule has 0 saturated carbocycles. The van der Waals surface area contributed by atoms with E-state index in [0.717, 1.165) is 4.90 Å². The summed E-state index contributed by atoms with van der Waals surface area (Å²) in [5, 5.41) is 5.25. The highest BCUT2D eigenvalue weighted by Gasteiger charge is 2.50. The van der Waals surface area contributed by atoms with Gasteiger partial charge in [-0.3, -0.25) is 19.3 Å². The second-order valence-corrected chi connectivity index (χ2v) is 8.16. The highest BCUT2D eigenvalue weighted by molar-refractivity contribution is 6.11. The molecule has 34 heavy (non-hydrogen) atoms. The Labute approximate surface area is 193 Å².